The molecule has 0 unspecified atom stereocenters. The van der Waals surface area contributed by atoms with E-state index in [1.54, 1.807) is 25.3 Å². The number of piperidine rings is 1. The van der Waals surface area contributed by atoms with E-state index in [1.807, 2.05) is 17.0 Å². The first-order valence-corrected chi connectivity index (χ1v) is 11.3. The molecule has 0 radical (unpaired) electrons. The number of aromatic nitrogens is 1. The van der Waals surface area contributed by atoms with E-state index in [-0.39, 0.29) is 18.2 Å². The molecule has 10 nitrogen and oxygen atoms in total. The number of fused-ring (bicyclic) bond motifs is 4. The summed E-state index contributed by atoms with van der Waals surface area (Å²) >= 11 is 0. The fourth-order valence-electron chi connectivity index (χ4n) is 4.94. The number of likely N-dealkylation sites (tertiary alicyclic amines) is 1. The number of carbonyl (C=O) groups excluding carboxylic acids is 1. The van der Waals surface area contributed by atoms with Crippen molar-refractivity contribution in [3.05, 3.63) is 76.4 Å². The summed E-state index contributed by atoms with van der Waals surface area (Å²) in [5, 5.41) is 7.15. The number of nitrogens with one attached hydrogen (secondary N) is 1. The van der Waals surface area contributed by atoms with E-state index < -0.39 is 0 Å². The number of ether oxygens (including phenoxy) is 3. The zero-order valence-corrected chi connectivity index (χ0v) is 19.6. The van der Waals surface area contributed by atoms with Gasteiger partial charge in [0.1, 0.15) is 17.2 Å². The number of hydrogen-bond acceptors (Lipinski definition) is 6. The van der Waals surface area contributed by atoms with Crippen molar-refractivity contribution in [2.24, 2.45) is 5.11 Å². The molecule has 1 aromatic heterocycles. The van der Waals surface area contributed by atoms with Crippen molar-refractivity contribution >= 4 is 11.6 Å². The van der Waals surface area contributed by atoms with Crippen molar-refractivity contribution < 1.29 is 19.0 Å². The summed E-state index contributed by atoms with van der Waals surface area (Å²) in [5.74, 6) is 1.61. The van der Waals surface area contributed by atoms with E-state index in [4.69, 9.17) is 19.7 Å². The Morgan fingerprint density at radius 3 is 2.60 bits per heavy atom. The summed E-state index contributed by atoms with van der Waals surface area (Å²) in [7, 11) is 3.19. The smallest absolute Gasteiger partial charge is 0.254 e. The van der Waals surface area contributed by atoms with E-state index in [0.29, 0.717) is 30.2 Å². The Hall–Kier alpha value is -4.30. The third-order valence-electron chi connectivity index (χ3n) is 6.70. The minimum atomic E-state index is -0.280. The first-order chi connectivity index (χ1) is 17.1. The third kappa shape index (κ3) is 4.08. The second-order valence-corrected chi connectivity index (χ2v) is 8.55. The number of methoxy groups -OCH3 is 2. The summed E-state index contributed by atoms with van der Waals surface area (Å²) < 4.78 is 18.4. The monoisotopic (exact) mass is 474 g/mol. The third-order valence-corrected chi connectivity index (χ3v) is 6.70. The van der Waals surface area contributed by atoms with Crippen LogP contribution in [0.25, 0.3) is 16.1 Å². The number of azide groups is 1. The lowest BCUT2D eigenvalue weighted by molar-refractivity contribution is 0.0675. The summed E-state index contributed by atoms with van der Waals surface area (Å²) in [6.07, 6.45) is 3.59. The zero-order chi connectivity index (χ0) is 24.4. The number of benzene rings is 2. The molecule has 2 aromatic carbocycles. The number of amides is 1. The Kier molecular flexibility index (Phi) is 5.88. The minimum absolute atomic E-state index is 0.0966. The SMILES string of the molecule is COc1cc(OCN=[N+]=[N-])cc(C(=O)N2CCC3(CC2)Nc2cc(OC)ccc2-n2cccc23)c1. The molecule has 1 spiro atoms. The summed E-state index contributed by atoms with van der Waals surface area (Å²) in [4.78, 5) is 17.9. The molecule has 0 bridgehead atoms. The highest BCUT2D eigenvalue weighted by atomic mass is 16.5. The number of hydrogen-bond donors (Lipinski definition) is 1. The lowest BCUT2D eigenvalue weighted by atomic mass is 9.82. The Balaban J connectivity index is 1.36. The lowest BCUT2D eigenvalue weighted by Crippen LogP contribution is -2.51. The maximum absolute atomic E-state index is 13.4. The predicted octanol–water partition coefficient (Wildman–Crippen LogP) is 4.70. The molecule has 0 saturated carbocycles. The molecule has 3 aromatic rings. The molecule has 1 amide bonds. The van der Waals surface area contributed by atoms with Crippen molar-refractivity contribution in [2.45, 2.75) is 18.4 Å². The van der Waals surface area contributed by atoms with Crippen LogP contribution in [0.1, 0.15) is 28.9 Å². The fraction of sp³-hybridized carbons (Fsp3) is 0.320. The summed E-state index contributed by atoms with van der Waals surface area (Å²) in [6.45, 7) is 1.01. The second kappa shape index (κ2) is 9.15. The average Bonchev–Trinajstić information content (AvgIpc) is 3.40. The maximum atomic E-state index is 13.4. The van der Waals surface area contributed by atoms with Gasteiger partial charge in [0.2, 0.25) is 0 Å². The van der Waals surface area contributed by atoms with E-state index in [2.05, 4.69) is 44.3 Å². The van der Waals surface area contributed by atoms with Crippen LogP contribution in [0.4, 0.5) is 5.69 Å². The maximum Gasteiger partial charge on any atom is 0.254 e. The van der Waals surface area contributed by atoms with Gasteiger partial charge in [-0.15, -0.1) is 0 Å². The molecular weight excluding hydrogens is 448 g/mol. The normalized spacial score (nSPS) is 15.3. The largest absolute Gasteiger partial charge is 0.497 e. The van der Waals surface area contributed by atoms with Crippen LogP contribution in [0.5, 0.6) is 17.2 Å². The zero-order valence-electron chi connectivity index (χ0n) is 19.6. The molecule has 3 heterocycles. The number of rotatable bonds is 6. The van der Waals surface area contributed by atoms with E-state index >= 15 is 0 Å². The van der Waals surface area contributed by atoms with Gasteiger partial charge < -0.3 is 29.0 Å². The highest BCUT2D eigenvalue weighted by Gasteiger charge is 2.42. The van der Waals surface area contributed by atoms with Gasteiger partial charge in [-0.3, -0.25) is 4.79 Å². The number of nitrogens with zero attached hydrogens (tertiary/aromatic N) is 5. The van der Waals surface area contributed by atoms with Crippen LogP contribution in [0.2, 0.25) is 0 Å². The highest BCUT2D eigenvalue weighted by Crippen LogP contribution is 2.44. The van der Waals surface area contributed by atoms with Crippen molar-refractivity contribution in [1.29, 1.82) is 0 Å². The molecule has 0 aliphatic carbocycles. The van der Waals surface area contributed by atoms with Gasteiger partial charge >= 0.3 is 0 Å². The predicted molar refractivity (Wildman–Crippen MR) is 130 cm³/mol. The molecule has 1 saturated heterocycles. The van der Waals surface area contributed by atoms with Crippen molar-refractivity contribution in [3.8, 4) is 22.9 Å². The number of carbonyl (C=O) groups is 1. The standard InChI is InChI=1S/C25H26N6O4/c1-33-18-5-6-22-21(15-18)28-25(23-4-3-9-31(22)23)7-10-30(11-8-25)24(32)17-12-19(34-2)14-20(13-17)35-16-27-29-26/h3-6,9,12-15,28H,7-8,10-11,16H2,1-2H3. The van der Waals surface area contributed by atoms with Gasteiger partial charge in [-0.2, -0.15) is 0 Å². The van der Waals surface area contributed by atoms with E-state index in [0.717, 1.165) is 30.0 Å². The van der Waals surface area contributed by atoms with Crippen molar-refractivity contribution in [3.63, 3.8) is 0 Å². The van der Waals surface area contributed by atoms with Crippen molar-refractivity contribution in [2.75, 3.05) is 39.4 Å². The molecular formula is C25H26N6O4. The van der Waals surface area contributed by atoms with Gasteiger partial charge in [0, 0.05) is 47.6 Å². The molecule has 1 N–H and O–H groups in total. The molecule has 2 aliphatic rings. The summed E-state index contributed by atoms with van der Waals surface area (Å²) in [6, 6.07) is 15.2. The molecule has 35 heavy (non-hydrogen) atoms. The van der Waals surface area contributed by atoms with Crippen LogP contribution < -0.4 is 19.5 Å². The van der Waals surface area contributed by atoms with Gasteiger partial charge in [-0.25, -0.2) is 0 Å². The molecule has 2 aliphatic heterocycles. The quantitative estimate of drug-likeness (QED) is 0.316. The van der Waals surface area contributed by atoms with Gasteiger partial charge in [-0.1, -0.05) is 5.11 Å². The highest BCUT2D eigenvalue weighted by molar-refractivity contribution is 5.95. The van der Waals surface area contributed by atoms with Gasteiger partial charge in [-0.05, 0) is 54.8 Å². The average molecular weight is 475 g/mol. The minimum Gasteiger partial charge on any atom is -0.497 e. The second-order valence-electron chi connectivity index (χ2n) is 8.55. The van der Waals surface area contributed by atoms with Crippen LogP contribution >= 0.6 is 0 Å². The number of anilines is 1. The van der Waals surface area contributed by atoms with Crippen LogP contribution in [0, 0.1) is 0 Å². The van der Waals surface area contributed by atoms with Gasteiger partial charge in [0.25, 0.3) is 5.91 Å². The van der Waals surface area contributed by atoms with Crippen LogP contribution in [0.15, 0.2) is 59.8 Å². The van der Waals surface area contributed by atoms with Gasteiger partial charge in [0.05, 0.1) is 31.1 Å². The molecule has 0 atom stereocenters. The Labute approximate surface area is 202 Å². The van der Waals surface area contributed by atoms with Crippen LogP contribution in [0.3, 0.4) is 0 Å². The lowest BCUT2D eigenvalue weighted by Gasteiger charge is -2.46. The Morgan fingerprint density at radius 1 is 1.09 bits per heavy atom. The fourth-order valence-corrected chi connectivity index (χ4v) is 4.94. The Morgan fingerprint density at radius 2 is 1.86 bits per heavy atom. The van der Waals surface area contributed by atoms with Crippen molar-refractivity contribution in [1.82, 2.24) is 9.47 Å². The van der Waals surface area contributed by atoms with E-state index in [9.17, 15) is 4.79 Å². The molecule has 10 heteroatoms. The first-order valence-electron chi connectivity index (χ1n) is 11.3. The summed E-state index contributed by atoms with van der Waals surface area (Å²) in [5.41, 5.74) is 11.9. The molecule has 180 valence electrons. The van der Waals surface area contributed by atoms with Gasteiger partial charge in [0.15, 0.2) is 6.73 Å². The van der Waals surface area contributed by atoms with Crippen LogP contribution in [-0.4, -0.2) is 49.4 Å². The topological polar surface area (TPSA) is 114 Å². The Bertz CT molecular complexity index is 1310. The molecule has 5 rings (SSSR count). The van der Waals surface area contributed by atoms with E-state index in [1.165, 1.54) is 12.8 Å². The van der Waals surface area contributed by atoms with Crippen LogP contribution in [-0.2, 0) is 5.54 Å². The first kappa shape index (κ1) is 22.5. The molecule has 1 fully saturated rings.